The van der Waals surface area contributed by atoms with Crippen LogP contribution in [0.15, 0.2) is 24.3 Å². The zero-order chi connectivity index (χ0) is 21.8. The first-order valence-electron chi connectivity index (χ1n) is 9.49. The maximum Gasteiger partial charge on any atom is 0.407 e. The summed E-state index contributed by atoms with van der Waals surface area (Å²) in [5.41, 5.74) is 0.512. The molecule has 0 spiro atoms. The van der Waals surface area contributed by atoms with Crippen molar-refractivity contribution in [3.8, 4) is 0 Å². The van der Waals surface area contributed by atoms with Crippen molar-refractivity contribution in [3.63, 3.8) is 0 Å². The van der Waals surface area contributed by atoms with Gasteiger partial charge in [0.15, 0.2) is 6.29 Å². The second kappa shape index (κ2) is 9.32. The fourth-order valence-corrected chi connectivity index (χ4v) is 3.34. The van der Waals surface area contributed by atoms with Crippen LogP contribution in [0.5, 0.6) is 0 Å². The predicted octanol–water partition coefficient (Wildman–Crippen LogP) is 3.74. The third-order valence-electron chi connectivity index (χ3n) is 4.66. The average molecular weight is 418 g/mol. The maximum atomic E-state index is 13.5. The summed E-state index contributed by atoms with van der Waals surface area (Å²) in [6, 6.07) is 4.55. The molecule has 0 radical (unpaired) electrons. The molecule has 0 bridgehead atoms. The number of benzene rings is 1. The molecule has 29 heavy (non-hydrogen) atoms. The van der Waals surface area contributed by atoms with Gasteiger partial charge in [0.25, 0.3) is 0 Å². The largest absolute Gasteiger partial charge is 0.444 e. The van der Waals surface area contributed by atoms with Crippen molar-refractivity contribution in [1.29, 1.82) is 0 Å². The van der Waals surface area contributed by atoms with E-state index in [-0.39, 0.29) is 25.9 Å². The first-order chi connectivity index (χ1) is 13.4. The molecule has 3 unspecified atom stereocenters. The van der Waals surface area contributed by atoms with Gasteiger partial charge in [-0.05, 0) is 39.2 Å². The number of aliphatic hydroxyl groups excluding tert-OH is 1. The van der Waals surface area contributed by atoms with Crippen molar-refractivity contribution in [2.75, 3.05) is 13.7 Å². The molecule has 0 aliphatic carbocycles. The van der Waals surface area contributed by atoms with Gasteiger partial charge >= 0.3 is 12.3 Å². The molecule has 1 saturated heterocycles. The van der Waals surface area contributed by atoms with Gasteiger partial charge in [0.05, 0.1) is 0 Å². The van der Waals surface area contributed by atoms with Crippen LogP contribution >= 0.6 is 0 Å². The van der Waals surface area contributed by atoms with E-state index in [0.717, 1.165) is 0 Å². The van der Waals surface area contributed by atoms with E-state index in [1.165, 1.54) is 12.0 Å². The molecule has 1 aromatic carbocycles. The summed E-state index contributed by atoms with van der Waals surface area (Å²) in [6.07, 6.45) is -5.96. The number of halogens is 3. The van der Waals surface area contributed by atoms with Gasteiger partial charge in [-0.1, -0.05) is 24.3 Å². The molecule has 2 N–H and O–H groups in total. The lowest BCUT2D eigenvalue weighted by Gasteiger charge is -2.40. The highest BCUT2D eigenvalue weighted by atomic mass is 19.4. The predicted molar refractivity (Wildman–Crippen MR) is 101 cm³/mol. The normalized spacial score (nSPS) is 22.2. The fourth-order valence-electron chi connectivity index (χ4n) is 3.34. The van der Waals surface area contributed by atoms with Crippen LogP contribution < -0.4 is 5.32 Å². The van der Waals surface area contributed by atoms with E-state index in [1.54, 1.807) is 45.0 Å². The molecule has 0 saturated carbocycles. The van der Waals surface area contributed by atoms with E-state index >= 15 is 0 Å². The SMILES string of the molecule is COC(O)c1ccc(CN2CC(NC(=O)OC(C)(C)C)CCC2C(F)(F)F)cc1. The third kappa shape index (κ3) is 7.17. The van der Waals surface area contributed by atoms with Crippen molar-refractivity contribution in [3.05, 3.63) is 35.4 Å². The summed E-state index contributed by atoms with van der Waals surface area (Å²) < 4.78 is 50.6. The van der Waals surface area contributed by atoms with Crippen molar-refractivity contribution in [2.45, 2.75) is 70.3 Å². The molecule has 1 aromatic rings. The number of aliphatic hydroxyl groups is 1. The van der Waals surface area contributed by atoms with Gasteiger partial charge in [0.2, 0.25) is 0 Å². The Morgan fingerprint density at radius 3 is 2.38 bits per heavy atom. The number of alkyl halides is 3. The molecule has 1 fully saturated rings. The number of methoxy groups -OCH3 is 1. The maximum absolute atomic E-state index is 13.5. The lowest BCUT2D eigenvalue weighted by Crippen LogP contribution is -2.56. The van der Waals surface area contributed by atoms with Crippen molar-refractivity contribution in [1.82, 2.24) is 10.2 Å². The second-order valence-electron chi connectivity index (χ2n) is 8.24. The van der Waals surface area contributed by atoms with Gasteiger partial charge in [0.1, 0.15) is 11.6 Å². The second-order valence-corrected chi connectivity index (χ2v) is 8.24. The van der Waals surface area contributed by atoms with E-state index in [0.29, 0.717) is 11.1 Å². The molecule has 1 amide bonds. The van der Waals surface area contributed by atoms with Crippen LogP contribution in [0.2, 0.25) is 0 Å². The molecule has 1 aliphatic rings. The Morgan fingerprint density at radius 2 is 1.86 bits per heavy atom. The molecule has 1 heterocycles. The van der Waals surface area contributed by atoms with Crippen LogP contribution in [-0.4, -0.2) is 53.6 Å². The highest BCUT2D eigenvalue weighted by Gasteiger charge is 2.46. The Kier molecular flexibility index (Phi) is 7.53. The van der Waals surface area contributed by atoms with E-state index < -0.39 is 36.2 Å². The summed E-state index contributed by atoms with van der Waals surface area (Å²) in [4.78, 5) is 13.3. The molecule has 1 aliphatic heterocycles. The molecule has 3 atom stereocenters. The monoisotopic (exact) mass is 418 g/mol. The first kappa shape index (κ1) is 23.4. The highest BCUT2D eigenvalue weighted by Crippen LogP contribution is 2.33. The van der Waals surface area contributed by atoms with Gasteiger partial charge < -0.3 is 19.9 Å². The summed E-state index contributed by atoms with van der Waals surface area (Å²) in [5.74, 6) is 0. The third-order valence-corrected chi connectivity index (χ3v) is 4.66. The van der Waals surface area contributed by atoms with Crippen molar-refractivity contribution < 1.29 is 32.5 Å². The van der Waals surface area contributed by atoms with E-state index in [2.05, 4.69) is 5.32 Å². The van der Waals surface area contributed by atoms with Gasteiger partial charge in [-0.25, -0.2) is 4.79 Å². The van der Waals surface area contributed by atoms with Gasteiger partial charge in [-0.15, -0.1) is 0 Å². The number of nitrogens with one attached hydrogen (secondary N) is 1. The minimum atomic E-state index is -4.36. The molecular formula is C20H29F3N2O4. The summed E-state index contributed by atoms with van der Waals surface area (Å²) in [5, 5.41) is 12.3. The minimum Gasteiger partial charge on any atom is -0.444 e. The number of hydrogen-bond donors (Lipinski definition) is 2. The zero-order valence-electron chi connectivity index (χ0n) is 17.1. The molecule has 0 aromatic heterocycles. The number of carbonyl (C=O) groups excluding carboxylic acids is 1. The smallest absolute Gasteiger partial charge is 0.407 e. The molecule has 2 rings (SSSR count). The topological polar surface area (TPSA) is 71.0 Å². The number of alkyl carbamates (subject to hydrolysis) is 1. The van der Waals surface area contributed by atoms with Crippen LogP contribution in [0.3, 0.4) is 0 Å². The quantitative estimate of drug-likeness (QED) is 0.713. The van der Waals surface area contributed by atoms with Gasteiger partial charge in [-0.2, -0.15) is 13.2 Å². The minimum absolute atomic E-state index is 0.0614. The number of nitrogens with zero attached hydrogens (tertiary/aromatic N) is 1. The Hall–Kier alpha value is -1.84. The Labute approximate surface area is 169 Å². The lowest BCUT2D eigenvalue weighted by molar-refractivity contribution is -0.194. The average Bonchev–Trinajstić information content (AvgIpc) is 2.59. The highest BCUT2D eigenvalue weighted by molar-refractivity contribution is 5.68. The molecule has 9 heteroatoms. The number of carbonyl (C=O) groups is 1. The lowest BCUT2D eigenvalue weighted by atomic mass is 9.96. The summed E-state index contributed by atoms with van der Waals surface area (Å²) >= 11 is 0. The van der Waals surface area contributed by atoms with Crippen LogP contribution in [0, 0.1) is 0 Å². The van der Waals surface area contributed by atoms with Crippen LogP contribution in [-0.2, 0) is 16.0 Å². The van der Waals surface area contributed by atoms with Crippen molar-refractivity contribution in [2.24, 2.45) is 0 Å². The Balaban J connectivity index is 2.08. The van der Waals surface area contributed by atoms with Crippen LogP contribution in [0.25, 0.3) is 0 Å². The number of likely N-dealkylation sites (tertiary alicyclic amines) is 1. The van der Waals surface area contributed by atoms with Crippen molar-refractivity contribution >= 4 is 6.09 Å². The standard InChI is InChI=1S/C20H29F3N2O4/c1-19(2,3)29-18(27)24-15-9-10-16(20(21,22)23)25(12-15)11-13-5-7-14(8-6-13)17(26)28-4/h5-8,15-17,26H,9-12H2,1-4H3,(H,24,27). The summed E-state index contributed by atoms with van der Waals surface area (Å²) in [7, 11) is 1.36. The van der Waals surface area contributed by atoms with Crippen LogP contribution in [0.1, 0.15) is 51.0 Å². The number of hydrogen-bond acceptors (Lipinski definition) is 5. The number of rotatable bonds is 5. The fraction of sp³-hybridized carbons (Fsp3) is 0.650. The zero-order valence-corrected chi connectivity index (χ0v) is 17.1. The van der Waals surface area contributed by atoms with E-state index in [4.69, 9.17) is 9.47 Å². The summed E-state index contributed by atoms with van der Waals surface area (Å²) in [6.45, 7) is 5.31. The molecular weight excluding hydrogens is 389 g/mol. The van der Waals surface area contributed by atoms with Gasteiger partial charge in [0, 0.05) is 31.8 Å². The number of ether oxygens (including phenoxy) is 2. The number of piperidine rings is 1. The Bertz CT molecular complexity index is 674. The first-order valence-corrected chi connectivity index (χ1v) is 9.49. The Morgan fingerprint density at radius 1 is 1.24 bits per heavy atom. The van der Waals surface area contributed by atoms with E-state index in [9.17, 15) is 23.1 Å². The van der Waals surface area contributed by atoms with Gasteiger partial charge in [-0.3, -0.25) is 4.90 Å². The molecule has 6 nitrogen and oxygen atoms in total. The van der Waals surface area contributed by atoms with Crippen LogP contribution in [0.4, 0.5) is 18.0 Å². The van der Waals surface area contributed by atoms with E-state index in [1.807, 2.05) is 0 Å². The molecule has 164 valence electrons. The number of amides is 1.